The van der Waals surface area contributed by atoms with Crippen LogP contribution in [0.15, 0.2) is 18.6 Å². The molecule has 0 bridgehead atoms. The van der Waals surface area contributed by atoms with Crippen molar-refractivity contribution in [3.63, 3.8) is 0 Å². The SMILES string of the molecule is CC(C)Cn1ncc(C(=O)NC2CCN(c3cnn(C)c3)C2)c1C1CC1. The number of amides is 1. The van der Waals surface area contributed by atoms with Crippen LogP contribution in [0, 0.1) is 5.92 Å². The first-order chi connectivity index (χ1) is 12.5. The largest absolute Gasteiger partial charge is 0.367 e. The Balaban J connectivity index is 1.43. The highest BCUT2D eigenvalue weighted by molar-refractivity contribution is 5.95. The lowest BCUT2D eigenvalue weighted by molar-refractivity contribution is 0.0939. The van der Waals surface area contributed by atoms with Gasteiger partial charge in [-0.05, 0) is 25.2 Å². The van der Waals surface area contributed by atoms with Crippen LogP contribution in [0.2, 0.25) is 0 Å². The van der Waals surface area contributed by atoms with E-state index in [0.29, 0.717) is 11.8 Å². The fourth-order valence-electron chi connectivity index (χ4n) is 3.80. The fourth-order valence-corrected chi connectivity index (χ4v) is 3.80. The number of hydrogen-bond donors (Lipinski definition) is 1. The molecule has 7 nitrogen and oxygen atoms in total. The maximum absolute atomic E-state index is 12.9. The number of anilines is 1. The molecule has 3 heterocycles. The number of aryl methyl sites for hydroxylation is 1. The minimum atomic E-state index is 0.0277. The van der Waals surface area contributed by atoms with Gasteiger partial charge in [-0.15, -0.1) is 0 Å². The lowest BCUT2D eigenvalue weighted by atomic mass is 10.1. The highest BCUT2D eigenvalue weighted by Gasteiger charge is 2.33. The zero-order valence-corrected chi connectivity index (χ0v) is 15.9. The van der Waals surface area contributed by atoms with Crippen LogP contribution in [0.4, 0.5) is 5.69 Å². The average Bonchev–Trinajstić information content (AvgIpc) is 2.97. The summed E-state index contributed by atoms with van der Waals surface area (Å²) in [6, 6.07) is 0.170. The normalized spacial score (nSPS) is 20.2. The average molecular weight is 356 g/mol. The molecule has 0 spiro atoms. The molecule has 2 aromatic heterocycles. The number of nitrogens with zero attached hydrogens (tertiary/aromatic N) is 5. The fraction of sp³-hybridized carbons (Fsp3) is 0.632. The minimum absolute atomic E-state index is 0.0277. The van der Waals surface area contributed by atoms with E-state index in [1.807, 2.05) is 28.8 Å². The molecule has 0 aromatic carbocycles. The molecule has 1 amide bonds. The molecule has 26 heavy (non-hydrogen) atoms. The number of nitrogens with one attached hydrogen (secondary N) is 1. The van der Waals surface area contributed by atoms with Crippen LogP contribution in [0.5, 0.6) is 0 Å². The van der Waals surface area contributed by atoms with Gasteiger partial charge in [-0.1, -0.05) is 13.8 Å². The summed E-state index contributed by atoms with van der Waals surface area (Å²) >= 11 is 0. The van der Waals surface area contributed by atoms with Crippen molar-refractivity contribution < 1.29 is 4.79 Å². The van der Waals surface area contributed by atoms with Crippen LogP contribution in [0.3, 0.4) is 0 Å². The quantitative estimate of drug-likeness (QED) is 0.861. The molecule has 1 aliphatic carbocycles. The summed E-state index contributed by atoms with van der Waals surface area (Å²) in [5, 5.41) is 12.0. The Morgan fingerprint density at radius 3 is 2.73 bits per heavy atom. The van der Waals surface area contributed by atoms with Crippen LogP contribution in [0.1, 0.15) is 55.1 Å². The van der Waals surface area contributed by atoms with Gasteiger partial charge >= 0.3 is 0 Å². The molecule has 0 radical (unpaired) electrons. The van der Waals surface area contributed by atoms with Gasteiger partial charge in [0.05, 0.1) is 29.3 Å². The zero-order chi connectivity index (χ0) is 18.3. The smallest absolute Gasteiger partial charge is 0.255 e. The Morgan fingerprint density at radius 2 is 2.08 bits per heavy atom. The van der Waals surface area contributed by atoms with Crippen LogP contribution < -0.4 is 10.2 Å². The summed E-state index contributed by atoms with van der Waals surface area (Å²) in [5.41, 5.74) is 3.03. The summed E-state index contributed by atoms with van der Waals surface area (Å²) in [4.78, 5) is 15.2. The number of aromatic nitrogens is 4. The molecule has 140 valence electrons. The van der Waals surface area contributed by atoms with Crippen molar-refractivity contribution in [3.05, 3.63) is 29.8 Å². The van der Waals surface area contributed by atoms with E-state index in [4.69, 9.17) is 0 Å². The van der Waals surface area contributed by atoms with Gasteiger partial charge in [-0.2, -0.15) is 10.2 Å². The van der Waals surface area contributed by atoms with Gasteiger partial charge in [0.15, 0.2) is 0 Å². The minimum Gasteiger partial charge on any atom is -0.367 e. The number of carbonyl (C=O) groups is 1. The first-order valence-corrected chi connectivity index (χ1v) is 9.61. The lowest BCUT2D eigenvalue weighted by Gasteiger charge is -2.17. The summed E-state index contributed by atoms with van der Waals surface area (Å²) in [5.74, 6) is 1.05. The highest BCUT2D eigenvalue weighted by Crippen LogP contribution is 2.41. The van der Waals surface area contributed by atoms with Crippen molar-refractivity contribution in [1.82, 2.24) is 24.9 Å². The Labute approximate surface area is 154 Å². The second-order valence-corrected chi connectivity index (χ2v) is 8.07. The van der Waals surface area contributed by atoms with E-state index >= 15 is 0 Å². The summed E-state index contributed by atoms with van der Waals surface area (Å²) in [6.07, 6.45) is 8.96. The van der Waals surface area contributed by atoms with E-state index < -0.39 is 0 Å². The predicted octanol–water partition coefficient (Wildman–Crippen LogP) is 2.16. The Morgan fingerprint density at radius 1 is 1.27 bits per heavy atom. The molecular weight excluding hydrogens is 328 g/mol. The Bertz CT molecular complexity index is 788. The van der Waals surface area contributed by atoms with E-state index in [1.54, 1.807) is 6.20 Å². The molecule has 2 aliphatic rings. The molecule has 1 N–H and O–H groups in total. The molecular formula is C19H28N6O. The first kappa shape index (κ1) is 17.1. The van der Waals surface area contributed by atoms with E-state index in [1.165, 1.54) is 12.8 Å². The van der Waals surface area contributed by atoms with E-state index in [9.17, 15) is 4.79 Å². The molecule has 7 heteroatoms. The van der Waals surface area contributed by atoms with Gasteiger partial charge in [0.25, 0.3) is 5.91 Å². The van der Waals surface area contributed by atoms with Crippen molar-refractivity contribution >= 4 is 11.6 Å². The first-order valence-electron chi connectivity index (χ1n) is 9.61. The lowest BCUT2D eigenvalue weighted by Crippen LogP contribution is -2.37. The van der Waals surface area contributed by atoms with Crippen molar-refractivity contribution in [2.75, 3.05) is 18.0 Å². The molecule has 4 rings (SSSR count). The molecule has 1 saturated heterocycles. The second-order valence-electron chi connectivity index (χ2n) is 8.07. The van der Waals surface area contributed by atoms with Crippen LogP contribution >= 0.6 is 0 Å². The van der Waals surface area contributed by atoms with Crippen molar-refractivity contribution in [1.29, 1.82) is 0 Å². The number of hydrogen-bond acceptors (Lipinski definition) is 4. The maximum Gasteiger partial charge on any atom is 0.255 e. The van der Waals surface area contributed by atoms with Gasteiger partial charge in [-0.25, -0.2) is 0 Å². The van der Waals surface area contributed by atoms with Gasteiger partial charge < -0.3 is 10.2 Å². The molecule has 1 aliphatic heterocycles. The summed E-state index contributed by atoms with van der Waals surface area (Å²) in [7, 11) is 1.92. The Kier molecular flexibility index (Phi) is 4.46. The van der Waals surface area contributed by atoms with Crippen molar-refractivity contribution in [3.8, 4) is 0 Å². The van der Waals surface area contributed by atoms with Crippen molar-refractivity contribution in [2.45, 2.75) is 51.6 Å². The van der Waals surface area contributed by atoms with Gasteiger partial charge in [0.2, 0.25) is 0 Å². The van der Waals surface area contributed by atoms with E-state index in [2.05, 4.69) is 34.3 Å². The molecule has 2 aromatic rings. The van der Waals surface area contributed by atoms with Crippen LogP contribution in [0.25, 0.3) is 0 Å². The molecule has 1 unspecified atom stereocenters. The Hall–Kier alpha value is -2.31. The molecule has 1 atom stereocenters. The molecule has 1 saturated carbocycles. The van der Waals surface area contributed by atoms with Gasteiger partial charge in [0.1, 0.15) is 0 Å². The van der Waals surface area contributed by atoms with Crippen LogP contribution in [-0.2, 0) is 13.6 Å². The van der Waals surface area contributed by atoms with Crippen LogP contribution in [-0.4, -0.2) is 44.6 Å². The third-order valence-corrected chi connectivity index (χ3v) is 5.21. The summed E-state index contributed by atoms with van der Waals surface area (Å²) in [6.45, 7) is 7.01. The zero-order valence-electron chi connectivity index (χ0n) is 15.9. The third-order valence-electron chi connectivity index (χ3n) is 5.21. The van der Waals surface area contributed by atoms with E-state index in [-0.39, 0.29) is 11.9 Å². The second kappa shape index (κ2) is 6.78. The monoisotopic (exact) mass is 356 g/mol. The van der Waals surface area contributed by atoms with E-state index in [0.717, 1.165) is 43.0 Å². The highest BCUT2D eigenvalue weighted by atomic mass is 16.1. The topological polar surface area (TPSA) is 68.0 Å². The van der Waals surface area contributed by atoms with Gasteiger partial charge in [0, 0.05) is 44.8 Å². The number of rotatable bonds is 6. The van der Waals surface area contributed by atoms with Gasteiger partial charge in [-0.3, -0.25) is 14.2 Å². The standard InChI is InChI=1S/C19H28N6O/c1-13(2)10-25-18(14-4-5-14)17(9-21-25)19(26)22-15-6-7-24(11-15)16-8-20-23(3)12-16/h8-9,12-15H,4-7,10-11H2,1-3H3,(H,22,26). The molecule has 2 fully saturated rings. The summed E-state index contributed by atoms with van der Waals surface area (Å²) < 4.78 is 3.86. The maximum atomic E-state index is 12.9. The number of carbonyl (C=O) groups excluding carboxylic acids is 1. The predicted molar refractivity (Wildman–Crippen MR) is 100 cm³/mol. The van der Waals surface area contributed by atoms with Crippen molar-refractivity contribution in [2.24, 2.45) is 13.0 Å². The third kappa shape index (κ3) is 3.48.